The molecule has 0 amide bonds. The van der Waals surface area contributed by atoms with Crippen molar-refractivity contribution in [3.63, 3.8) is 0 Å². The number of aryl methyl sites for hydroxylation is 2. The minimum Gasteiger partial charge on any atom is -0.250 e. The summed E-state index contributed by atoms with van der Waals surface area (Å²) in [5.74, 6) is 0. The van der Waals surface area contributed by atoms with Gasteiger partial charge in [-0.25, -0.2) is 14.0 Å². The fourth-order valence-corrected chi connectivity index (χ4v) is 1.66. The minimum absolute atomic E-state index is 0.147. The third kappa shape index (κ3) is 2.85. The lowest BCUT2D eigenvalue weighted by Crippen LogP contribution is -2.21. The molecule has 2 aromatic rings. The molecule has 92 valence electrons. The van der Waals surface area contributed by atoms with Gasteiger partial charge in [0, 0.05) is 11.5 Å². The first kappa shape index (κ1) is 13.7. The Kier molecular flexibility index (Phi) is 4.69. The molecule has 17 heavy (non-hydrogen) atoms. The predicted octanol–water partition coefficient (Wildman–Crippen LogP) is 2.67. The summed E-state index contributed by atoms with van der Waals surface area (Å²) in [6.07, 6.45) is 1.51. The molecule has 0 saturated heterocycles. The van der Waals surface area contributed by atoms with E-state index in [2.05, 4.69) is 21.0 Å². The van der Waals surface area contributed by atoms with Crippen molar-refractivity contribution in [2.45, 2.75) is 20.8 Å². The number of nitrogens with zero attached hydrogens (tertiary/aromatic N) is 3. The fraction of sp³-hybridized carbons (Fsp3) is 0.333. The molecule has 0 radical (unpaired) electrons. The van der Waals surface area contributed by atoms with Gasteiger partial charge in [0.05, 0.1) is 5.69 Å². The van der Waals surface area contributed by atoms with Crippen molar-refractivity contribution in [3.8, 4) is 5.69 Å². The van der Waals surface area contributed by atoms with Gasteiger partial charge in [-0.15, -0.1) is 0 Å². The molecule has 0 bridgehead atoms. The number of hydrogen-bond donors (Lipinski definition) is 0. The Hall–Kier alpha value is -1.36. The van der Waals surface area contributed by atoms with Gasteiger partial charge in [0.25, 0.3) is 0 Å². The molecule has 0 aliphatic heterocycles. The maximum atomic E-state index is 11.6. The minimum atomic E-state index is -0.147. The van der Waals surface area contributed by atoms with E-state index in [4.69, 9.17) is 0 Å². The Morgan fingerprint density at radius 2 is 1.94 bits per heavy atom. The molecule has 4 nitrogen and oxygen atoms in total. The molecule has 0 unspecified atom stereocenters. The summed E-state index contributed by atoms with van der Waals surface area (Å²) in [6.45, 7) is 6.00. The SMILES string of the molecule is CC.Cc1ccc(-n2cnn(C)c2=O)cc1Br. The summed E-state index contributed by atoms with van der Waals surface area (Å²) in [5.41, 5.74) is 1.80. The van der Waals surface area contributed by atoms with Crippen LogP contribution < -0.4 is 5.69 Å². The second-order valence-corrected chi connectivity index (χ2v) is 4.19. The molecule has 5 heteroatoms. The maximum absolute atomic E-state index is 11.6. The van der Waals surface area contributed by atoms with Crippen LogP contribution in [0, 0.1) is 6.92 Å². The molecule has 0 aliphatic rings. The Bertz CT molecular complexity index is 557. The lowest BCUT2D eigenvalue weighted by Gasteiger charge is -2.02. The van der Waals surface area contributed by atoms with Crippen molar-refractivity contribution >= 4 is 15.9 Å². The van der Waals surface area contributed by atoms with Crippen LogP contribution in [-0.4, -0.2) is 14.3 Å². The van der Waals surface area contributed by atoms with E-state index in [0.717, 1.165) is 15.7 Å². The highest BCUT2D eigenvalue weighted by Gasteiger charge is 2.04. The fourth-order valence-electron chi connectivity index (χ4n) is 1.29. The molecule has 0 fully saturated rings. The molecule has 1 aromatic heterocycles. The van der Waals surface area contributed by atoms with Crippen LogP contribution in [0.5, 0.6) is 0 Å². The highest BCUT2D eigenvalue weighted by molar-refractivity contribution is 9.10. The zero-order valence-corrected chi connectivity index (χ0v) is 12.0. The topological polar surface area (TPSA) is 39.8 Å². The van der Waals surface area contributed by atoms with Gasteiger partial charge < -0.3 is 0 Å². The third-order valence-electron chi connectivity index (χ3n) is 2.26. The number of aromatic nitrogens is 3. The lowest BCUT2D eigenvalue weighted by molar-refractivity contribution is 0.726. The highest BCUT2D eigenvalue weighted by atomic mass is 79.9. The number of rotatable bonds is 1. The second-order valence-electron chi connectivity index (χ2n) is 3.34. The Morgan fingerprint density at radius 1 is 1.29 bits per heavy atom. The average Bonchev–Trinajstić information content (AvgIpc) is 2.67. The van der Waals surface area contributed by atoms with Crippen molar-refractivity contribution in [3.05, 3.63) is 45.0 Å². The van der Waals surface area contributed by atoms with E-state index >= 15 is 0 Å². The number of hydrogen-bond acceptors (Lipinski definition) is 2. The molecule has 0 saturated carbocycles. The van der Waals surface area contributed by atoms with Crippen molar-refractivity contribution in [2.75, 3.05) is 0 Å². The monoisotopic (exact) mass is 297 g/mol. The highest BCUT2D eigenvalue weighted by Crippen LogP contribution is 2.18. The van der Waals surface area contributed by atoms with Gasteiger partial charge in [-0.05, 0) is 24.6 Å². The number of halogens is 1. The van der Waals surface area contributed by atoms with E-state index in [1.165, 1.54) is 15.6 Å². The van der Waals surface area contributed by atoms with Crippen LogP contribution in [0.15, 0.2) is 33.8 Å². The van der Waals surface area contributed by atoms with Gasteiger partial charge in [0.1, 0.15) is 6.33 Å². The van der Waals surface area contributed by atoms with Gasteiger partial charge in [0.2, 0.25) is 0 Å². The first-order chi connectivity index (χ1) is 8.09. The molecule has 1 aromatic carbocycles. The quantitative estimate of drug-likeness (QED) is 0.812. The van der Waals surface area contributed by atoms with E-state index < -0.39 is 0 Å². The van der Waals surface area contributed by atoms with E-state index in [9.17, 15) is 4.79 Å². The summed E-state index contributed by atoms with van der Waals surface area (Å²) >= 11 is 3.43. The maximum Gasteiger partial charge on any atom is 0.350 e. The average molecular weight is 298 g/mol. The van der Waals surface area contributed by atoms with E-state index in [0.29, 0.717) is 0 Å². The van der Waals surface area contributed by atoms with Gasteiger partial charge in [-0.1, -0.05) is 35.8 Å². The van der Waals surface area contributed by atoms with Crippen LogP contribution in [-0.2, 0) is 7.05 Å². The molecular formula is C12H16BrN3O. The first-order valence-corrected chi connectivity index (χ1v) is 6.26. The largest absolute Gasteiger partial charge is 0.350 e. The van der Waals surface area contributed by atoms with Gasteiger partial charge in [0.15, 0.2) is 0 Å². The van der Waals surface area contributed by atoms with Crippen LogP contribution in [0.3, 0.4) is 0 Å². The number of benzene rings is 1. The van der Waals surface area contributed by atoms with Gasteiger partial charge in [-0.3, -0.25) is 0 Å². The Labute approximate surface area is 109 Å². The molecule has 2 rings (SSSR count). The molecule has 0 N–H and O–H groups in total. The van der Waals surface area contributed by atoms with Crippen molar-refractivity contribution in [1.29, 1.82) is 0 Å². The van der Waals surface area contributed by atoms with Crippen molar-refractivity contribution in [2.24, 2.45) is 7.05 Å². The summed E-state index contributed by atoms with van der Waals surface area (Å²) in [7, 11) is 1.63. The Balaban J connectivity index is 0.000000686. The smallest absolute Gasteiger partial charge is 0.250 e. The van der Waals surface area contributed by atoms with Gasteiger partial charge in [-0.2, -0.15) is 5.10 Å². The van der Waals surface area contributed by atoms with E-state index in [-0.39, 0.29) is 5.69 Å². The molecule has 1 heterocycles. The van der Waals surface area contributed by atoms with E-state index in [1.807, 2.05) is 39.0 Å². The molecule has 0 atom stereocenters. The van der Waals surface area contributed by atoms with E-state index in [1.54, 1.807) is 7.05 Å². The third-order valence-corrected chi connectivity index (χ3v) is 3.11. The predicted molar refractivity (Wildman–Crippen MR) is 72.6 cm³/mol. The Morgan fingerprint density at radius 3 is 2.41 bits per heavy atom. The van der Waals surface area contributed by atoms with Crippen LogP contribution in [0.2, 0.25) is 0 Å². The first-order valence-electron chi connectivity index (χ1n) is 5.47. The molecular weight excluding hydrogens is 282 g/mol. The standard InChI is InChI=1S/C10H10BrN3O.C2H6/c1-7-3-4-8(5-9(7)11)14-6-12-13(2)10(14)15;1-2/h3-6H,1-2H3;1-2H3. The zero-order chi connectivity index (χ0) is 13.0. The van der Waals surface area contributed by atoms with Crippen LogP contribution in [0.1, 0.15) is 19.4 Å². The van der Waals surface area contributed by atoms with Crippen molar-refractivity contribution in [1.82, 2.24) is 14.3 Å². The van der Waals surface area contributed by atoms with Crippen LogP contribution in [0.4, 0.5) is 0 Å². The zero-order valence-electron chi connectivity index (χ0n) is 10.4. The summed E-state index contributed by atoms with van der Waals surface area (Å²) in [6, 6.07) is 5.75. The summed E-state index contributed by atoms with van der Waals surface area (Å²) in [5, 5.41) is 3.90. The van der Waals surface area contributed by atoms with Crippen LogP contribution in [0.25, 0.3) is 5.69 Å². The lowest BCUT2D eigenvalue weighted by atomic mass is 10.2. The normalized spacial score (nSPS) is 9.71. The van der Waals surface area contributed by atoms with Crippen molar-refractivity contribution < 1.29 is 0 Å². The summed E-state index contributed by atoms with van der Waals surface area (Å²) < 4.78 is 3.79. The second kappa shape index (κ2) is 5.82. The van der Waals surface area contributed by atoms with Crippen LogP contribution >= 0.6 is 15.9 Å². The molecule has 0 spiro atoms. The molecule has 0 aliphatic carbocycles. The van der Waals surface area contributed by atoms with Gasteiger partial charge >= 0.3 is 5.69 Å². The summed E-state index contributed by atoms with van der Waals surface area (Å²) in [4.78, 5) is 11.6.